The van der Waals surface area contributed by atoms with E-state index in [0.717, 1.165) is 17.7 Å². The van der Waals surface area contributed by atoms with Gasteiger partial charge >= 0.3 is 5.97 Å². The third-order valence-electron chi connectivity index (χ3n) is 7.42. The number of carbonyl (C=O) groups is 2. The Morgan fingerprint density at radius 2 is 1.93 bits per heavy atom. The fourth-order valence-corrected chi connectivity index (χ4v) is 5.92. The predicted octanol–water partition coefficient (Wildman–Crippen LogP) is 5.49. The molecule has 1 aliphatic heterocycles. The molecule has 0 saturated carbocycles. The molecule has 3 aromatic rings. The summed E-state index contributed by atoms with van der Waals surface area (Å²) in [5.41, 5.74) is 0.700. The third kappa shape index (κ3) is 7.02. The number of piperazine rings is 1. The SMILES string of the molecule is CCC(=O)Oc1cccc(F)c1-c1nc(NC=O)c(C(=Nc2c(C(C)C)cccc2S(C)=O)N2CCN(C)CC2C)cc1F. The number of aliphatic imine (C=N–C) groups is 1. The van der Waals surface area contributed by atoms with Gasteiger partial charge in [-0.2, -0.15) is 0 Å². The zero-order valence-electron chi connectivity index (χ0n) is 25.7. The summed E-state index contributed by atoms with van der Waals surface area (Å²) in [6.07, 6.45) is 1.99. The van der Waals surface area contributed by atoms with Crippen molar-refractivity contribution in [2.45, 2.75) is 51.0 Å². The highest BCUT2D eigenvalue weighted by molar-refractivity contribution is 7.84. The smallest absolute Gasteiger partial charge is 0.310 e. The number of nitrogens with one attached hydrogen (secondary N) is 1. The molecule has 2 atom stereocenters. The first-order chi connectivity index (χ1) is 21.0. The molecule has 0 bridgehead atoms. The van der Waals surface area contributed by atoms with Crippen LogP contribution in [0.1, 0.15) is 51.2 Å². The summed E-state index contributed by atoms with van der Waals surface area (Å²) < 4.78 is 49.5. The highest BCUT2D eigenvalue weighted by Gasteiger charge is 2.30. The van der Waals surface area contributed by atoms with Crippen LogP contribution in [-0.2, 0) is 20.4 Å². The molecule has 4 rings (SSSR count). The second-order valence-corrected chi connectivity index (χ2v) is 12.3. The molecule has 9 nitrogen and oxygen atoms in total. The van der Waals surface area contributed by atoms with Gasteiger partial charge in [0.1, 0.15) is 28.9 Å². The van der Waals surface area contributed by atoms with Crippen LogP contribution in [0.3, 0.4) is 0 Å². The molecule has 0 spiro atoms. The van der Waals surface area contributed by atoms with Crippen LogP contribution in [-0.4, -0.2) is 76.2 Å². The molecule has 1 fully saturated rings. The number of para-hydroxylation sites is 1. The van der Waals surface area contributed by atoms with Crippen LogP contribution in [0, 0.1) is 11.6 Å². The van der Waals surface area contributed by atoms with E-state index in [2.05, 4.69) is 15.2 Å². The largest absolute Gasteiger partial charge is 0.426 e. The number of amidine groups is 1. The van der Waals surface area contributed by atoms with Gasteiger partial charge in [-0.1, -0.05) is 39.0 Å². The maximum atomic E-state index is 16.2. The van der Waals surface area contributed by atoms with Crippen LogP contribution < -0.4 is 10.1 Å². The molecule has 1 N–H and O–H groups in total. The highest BCUT2D eigenvalue weighted by atomic mass is 32.2. The van der Waals surface area contributed by atoms with Crippen LogP contribution in [0.2, 0.25) is 0 Å². The van der Waals surface area contributed by atoms with Gasteiger partial charge in [0, 0.05) is 38.4 Å². The molecule has 12 heteroatoms. The number of ether oxygens (including phenoxy) is 1. The van der Waals surface area contributed by atoms with E-state index in [0.29, 0.717) is 42.5 Å². The number of hydrogen-bond donors (Lipinski definition) is 1. The summed E-state index contributed by atoms with van der Waals surface area (Å²) in [6.45, 7) is 9.49. The van der Waals surface area contributed by atoms with Gasteiger partial charge in [0.15, 0.2) is 5.82 Å². The fourth-order valence-electron chi connectivity index (χ4n) is 5.21. The lowest BCUT2D eigenvalue weighted by Gasteiger charge is -2.40. The van der Waals surface area contributed by atoms with Gasteiger partial charge in [0.2, 0.25) is 6.41 Å². The van der Waals surface area contributed by atoms with Crippen molar-refractivity contribution in [2.75, 3.05) is 38.3 Å². The van der Waals surface area contributed by atoms with Gasteiger partial charge in [-0.05, 0) is 49.7 Å². The van der Waals surface area contributed by atoms with E-state index in [9.17, 15) is 13.8 Å². The lowest BCUT2D eigenvalue weighted by molar-refractivity contribution is -0.134. The molecular formula is C32H37F2N5O4S. The summed E-state index contributed by atoms with van der Waals surface area (Å²) >= 11 is 0. The molecule has 2 unspecified atom stereocenters. The molecule has 0 radical (unpaired) electrons. The number of halogens is 2. The normalized spacial score (nSPS) is 16.6. The summed E-state index contributed by atoms with van der Waals surface area (Å²) in [4.78, 5) is 38.0. The average Bonchev–Trinajstić information content (AvgIpc) is 2.97. The first-order valence-corrected chi connectivity index (χ1v) is 15.9. The van der Waals surface area contributed by atoms with Gasteiger partial charge in [-0.3, -0.25) is 13.8 Å². The van der Waals surface area contributed by atoms with Gasteiger partial charge in [-0.15, -0.1) is 0 Å². The maximum Gasteiger partial charge on any atom is 0.310 e. The van der Waals surface area contributed by atoms with E-state index in [-0.39, 0.29) is 41.1 Å². The first kappa shape index (κ1) is 32.9. The van der Waals surface area contributed by atoms with E-state index in [1.807, 2.05) is 44.9 Å². The minimum atomic E-state index is -1.39. The predicted molar refractivity (Wildman–Crippen MR) is 168 cm³/mol. The van der Waals surface area contributed by atoms with Crippen molar-refractivity contribution < 1.29 is 27.3 Å². The molecule has 1 saturated heterocycles. The Morgan fingerprint density at radius 1 is 1.20 bits per heavy atom. The van der Waals surface area contributed by atoms with Crippen molar-refractivity contribution in [3.63, 3.8) is 0 Å². The fraction of sp³-hybridized carbons (Fsp3) is 0.375. The van der Waals surface area contributed by atoms with Crippen LogP contribution in [0.15, 0.2) is 52.4 Å². The standard InChI is InChI=1S/C32H37F2N5O4S/c1-7-27(41)43-25-12-9-11-23(33)28(25)30-24(34)16-22(31(36-30)35-18-40)32(39-15-14-38(5)17-20(39)4)37-29-21(19(2)3)10-8-13-26(29)44(6)42/h8-13,16,18-20H,7,14-15,17H2,1-6H3,(H,35,36,40). The van der Waals surface area contributed by atoms with Crippen LogP contribution in [0.4, 0.5) is 20.3 Å². The number of benzene rings is 2. The number of rotatable bonds is 9. The van der Waals surface area contributed by atoms with Crippen LogP contribution >= 0.6 is 0 Å². The summed E-state index contributed by atoms with van der Waals surface area (Å²) in [5.74, 6) is -2.33. The molecule has 234 valence electrons. The third-order valence-corrected chi connectivity index (χ3v) is 8.37. The molecule has 1 aliphatic rings. The Bertz CT molecular complexity index is 1610. The first-order valence-electron chi connectivity index (χ1n) is 14.4. The van der Waals surface area contributed by atoms with E-state index in [1.54, 1.807) is 19.2 Å². The van der Waals surface area contributed by atoms with Gasteiger partial charge in [-0.25, -0.2) is 18.8 Å². The van der Waals surface area contributed by atoms with Crippen molar-refractivity contribution in [1.29, 1.82) is 0 Å². The van der Waals surface area contributed by atoms with Crippen molar-refractivity contribution in [1.82, 2.24) is 14.8 Å². The van der Waals surface area contributed by atoms with Crippen molar-refractivity contribution in [3.05, 3.63) is 65.2 Å². The van der Waals surface area contributed by atoms with Crippen LogP contribution in [0.5, 0.6) is 5.75 Å². The lowest BCUT2D eigenvalue weighted by Crippen LogP contribution is -2.53. The summed E-state index contributed by atoms with van der Waals surface area (Å²) in [6, 6.07) is 10.4. The molecule has 1 amide bonds. The number of aromatic nitrogens is 1. The number of nitrogens with zero attached hydrogens (tertiary/aromatic N) is 4. The Hall–Kier alpha value is -4.03. The monoisotopic (exact) mass is 625 g/mol. The average molecular weight is 626 g/mol. The quantitative estimate of drug-likeness (QED) is 0.110. The number of anilines is 1. The Balaban J connectivity index is 2.03. The van der Waals surface area contributed by atoms with Gasteiger partial charge < -0.3 is 19.9 Å². The molecule has 44 heavy (non-hydrogen) atoms. The Kier molecular flexibility index (Phi) is 10.6. The van der Waals surface area contributed by atoms with E-state index >= 15 is 8.78 Å². The van der Waals surface area contributed by atoms with Crippen molar-refractivity contribution in [2.24, 2.45) is 4.99 Å². The zero-order chi connectivity index (χ0) is 32.1. The lowest BCUT2D eigenvalue weighted by atomic mass is 10.0. The van der Waals surface area contributed by atoms with Crippen LogP contribution in [0.25, 0.3) is 11.3 Å². The minimum absolute atomic E-state index is 0.0220. The second-order valence-electron chi connectivity index (χ2n) is 11.0. The zero-order valence-corrected chi connectivity index (χ0v) is 26.5. The van der Waals surface area contributed by atoms with E-state index in [1.165, 1.54) is 12.1 Å². The minimum Gasteiger partial charge on any atom is -0.426 e. The number of carbonyl (C=O) groups excluding carboxylic acids is 2. The van der Waals surface area contributed by atoms with E-state index in [4.69, 9.17) is 9.73 Å². The van der Waals surface area contributed by atoms with Gasteiger partial charge in [0.25, 0.3) is 0 Å². The number of likely N-dealkylation sites (N-methyl/N-ethyl adjacent to an activating group) is 1. The topological polar surface area (TPSA) is 104 Å². The second kappa shape index (κ2) is 14.2. The number of pyridine rings is 1. The molecule has 0 aliphatic carbocycles. The molecule has 2 aromatic carbocycles. The van der Waals surface area contributed by atoms with Gasteiger partial charge in [0.05, 0.1) is 32.5 Å². The summed E-state index contributed by atoms with van der Waals surface area (Å²) in [5, 5.41) is 2.54. The number of esters is 1. The highest BCUT2D eigenvalue weighted by Crippen LogP contribution is 2.38. The molecule has 2 heterocycles. The Labute approximate surface area is 258 Å². The number of hydrogen-bond acceptors (Lipinski definition) is 7. The maximum absolute atomic E-state index is 16.2. The molecular weight excluding hydrogens is 588 g/mol. The van der Waals surface area contributed by atoms with Crippen molar-refractivity contribution in [3.8, 4) is 17.0 Å². The molecule has 1 aromatic heterocycles. The Morgan fingerprint density at radius 3 is 2.57 bits per heavy atom. The number of amides is 1. The summed E-state index contributed by atoms with van der Waals surface area (Å²) in [7, 11) is 0.613. The van der Waals surface area contributed by atoms with E-state index < -0.39 is 34.1 Å². The van der Waals surface area contributed by atoms with Crippen molar-refractivity contribution >= 4 is 40.5 Å².